The number of nitrogens with one attached hydrogen (secondary N) is 1. The minimum absolute atomic E-state index is 0.709. The molecule has 0 atom stereocenters. The molecule has 1 aromatic carbocycles. The van der Waals surface area contributed by atoms with E-state index >= 15 is 0 Å². The quantitative estimate of drug-likeness (QED) is 0.768. The lowest BCUT2D eigenvalue weighted by molar-refractivity contribution is 0.327. The summed E-state index contributed by atoms with van der Waals surface area (Å²) in [5.41, 5.74) is 2.28. The first kappa shape index (κ1) is 9.59. The maximum absolute atomic E-state index is 5.63. The number of allylic oxidation sites excluding steroid dienone is 1. The van der Waals surface area contributed by atoms with Gasteiger partial charge in [-0.05, 0) is 25.1 Å². The van der Waals surface area contributed by atoms with Crippen molar-refractivity contribution < 1.29 is 4.74 Å². The molecule has 0 unspecified atom stereocenters. The topological polar surface area (TPSA) is 21.3 Å². The predicted octanol–water partition coefficient (Wildman–Crippen LogP) is 2.79. The number of hydrogen-bond acceptors (Lipinski definition) is 2. The second-order valence-electron chi connectivity index (χ2n) is 3.12. The van der Waals surface area contributed by atoms with Crippen molar-refractivity contribution in [3.63, 3.8) is 0 Å². The molecular formula is C11H12BrNO. The molecular weight excluding hydrogens is 242 g/mol. The summed E-state index contributed by atoms with van der Waals surface area (Å²) >= 11 is 3.44. The van der Waals surface area contributed by atoms with Crippen molar-refractivity contribution in [1.29, 1.82) is 0 Å². The van der Waals surface area contributed by atoms with Gasteiger partial charge in [-0.15, -0.1) is 0 Å². The number of fused-ring (bicyclic) bond motifs is 1. The third-order valence-electron chi connectivity index (χ3n) is 2.20. The van der Waals surface area contributed by atoms with E-state index in [4.69, 9.17) is 4.74 Å². The van der Waals surface area contributed by atoms with Crippen LogP contribution in [-0.2, 0) is 0 Å². The van der Waals surface area contributed by atoms with Crippen LogP contribution in [0.4, 0.5) is 0 Å². The maximum Gasteiger partial charge on any atom is 0.129 e. The molecule has 0 fully saturated rings. The molecule has 0 spiro atoms. The smallest absolute Gasteiger partial charge is 0.129 e. The SMILES string of the molecule is C/C=C1\NCCOc2cc(Br)ccc21. The Balaban J connectivity index is 2.50. The maximum atomic E-state index is 5.63. The van der Waals surface area contributed by atoms with Crippen LogP contribution in [0.2, 0.25) is 0 Å². The Morgan fingerprint density at radius 3 is 3.14 bits per heavy atom. The van der Waals surface area contributed by atoms with E-state index in [1.54, 1.807) is 0 Å². The van der Waals surface area contributed by atoms with Crippen molar-refractivity contribution in [3.05, 3.63) is 34.3 Å². The van der Waals surface area contributed by atoms with Gasteiger partial charge < -0.3 is 10.1 Å². The molecule has 0 bridgehead atoms. The lowest BCUT2D eigenvalue weighted by Crippen LogP contribution is -2.15. The zero-order valence-electron chi connectivity index (χ0n) is 8.01. The van der Waals surface area contributed by atoms with Crippen LogP contribution in [-0.4, -0.2) is 13.2 Å². The molecule has 0 amide bonds. The van der Waals surface area contributed by atoms with Gasteiger partial charge in [0, 0.05) is 22.3 Å². The normalized spacial score (nSPS) is 18.0. The van der Waals surface area contributed by atoms with Crippen LogP contribution in [0.25, 0.3) is 5.70 Å². The first-order chi connectivity index (χ1) is 6.81. The van der Waals surface area contributed by atoms with Gasteiger partial charge in [0.05, 0.1) is 0 Å². The molecule has 0 radical (unpaired) electrons. The first-order valence-corrected chi connectivity index (χ1v) is 5.43. The summed E-state index contributed by atoms with van der Waals surface area (Å²) < 4.78 is 6.68. The first-order valence-electron chi connectivity index (χ1n) is 4.64. The van der Waals surface area contributed by atoms with Crippen molar-refractivity contribution in [3.8, 4) is 5.75 Å². The fourth-order valence-electron chi connectivity index (χ4n) is 1.54. The average Bonchev–Trinajstić information content (AvgIpc) is 2.38. The van der Waals surface area contributed by atoms with Crippen molar-refractivity contribution >= 4 is 21.6 Å². The summed E-state index contributed by atoms with van der Waals surface area (Å²) in [6.45, 7) is 3.59. The van der Waals surface area contributed by atoms with Crippen molar-refractivity contribution in [2.75, 3.05) is 13.2 Å². The summed E-state index contributed by atoms with van der Waals surface area (Å²) in [5.74, 6) is 0.942. The van der Waals surface area contributed by atoms with Crippen LogP contribution in [0, 0.1) is 0 Å². The number of hydrogen-bond donors (Lipinski definition) is 1. The molecule has 1 aromatic rings. The van der Waals surface area contributed by atoms with Crippen LogP contribution in [0.15, 0.2) is 28.7 Å². The van der Waals surface area contributed by atoms with E-state index in [1.165, 1.54) is 0 Å². The lowest BCUT2D eigenvalue weighted by Gasteiger charge is -2.08. The Morgan fingerprint density at radius 2 is 2.36 bits per heavy atom. The highest BCUT2D eigenvalue weighted by Crippen LogP contribution is 2.29. The van der Waals surface area contributed by atoms with E-state index in [1.807, 2.05) is 19.1 Å². The number of rotatable bonds is 0. The summed E-state index contributed by atoms with van der Waals surface area (Å²) in [6, 6.07) is 6.09. The van der Waals surface area contributed by atoms with Crippen LogP contribution >= 0.6 is 15.9 Å². The molecule has 0 aromatic heterocycles. The van der Waals surface area contributed by atoms with E-state index in [-0.39, 0.29) is 0 Å². The fourth-order valence-corrected chi connectivity index (χ4v) is 1.88. The number of ether oxygens (including phenoxy) is 1. The highest BCUT2D eigenvalue weighted by Gasteiger charge is 2.12. The van der Waals surface area contributed by atoms with Crippen LogP contribution in [0.1, 0.15) is 12.5 Å². The molecule has 1 aliphatic rings. The van der Waals surface area contributed by atoms with Crippen molar-refractivity contribution in [1.82, 2.24) is 5.32 Å². The van der Waals surface area contributed by atoms with Gasteiger partial charge in [-0.1, -0.05) is 22.0 Å². The van der Waals surface area contributed by atoms with E-state index in [0.29, 0.717) is 6.61 Å². The van der Waals surface area contributed by atoms with Gasteiger partial charge in [-0.2, -0.15) is 0 Å². The molecule has 74 valence electrons. The van der Waals surface area contributed by atoms with Gasteiger partial charge in [0.25, 0.3) is 0 Å². The molecule has 14 heavy (non-hydrogen) atoms. The zero-order valence-corrected chi connectivity index (χ0v) is 9.60. The summed E-state index contributed by atoms with van der Waals surface area (Å²) in [4.78, 5) is 0. The Labute approximate surface area is 92.1 Å². The Kier molecular flexibility index (Phi) is 2.77. The fraction of sp³-hybridized carbons (Fsp3) is 0.273. The Morgan fingerprint density at radius 1 is 1.50 bits per heavy atom. The second-order valence-corrected chi connectivity index (χ2v) is 4.03. The molecule has 2 nitrogen and oxygen atoms in total. The van der Waals surface area contributed by atoms with Crippen molar-refractivity contribution in [2.24, 2.45) is 0 Å². The van der Waals surface area contributed by atoms with Gasteiger partial charge in [-0.3, -0.25) is 0 Å². The molecule has 2 rings (SSSR count). The van der Waals surface area contributed by atoms with Gasteiger partial charge in [0.15, 0.2) is 0 Å². The van der Waals surface area contributed by atoms with Gasteiger partial charge in [-0.25, -0.2) is 0 Å². The van der Waals surface area contributed by atoms with Gasteiger partial charge in [0.2, 0.25) is 0 Å². The van der Waals surface area contributed by atoms with E-state index in [9.17, 15) is 0 Å². The third kappa shape index (κ3) is 1.77. The number of benzene rings is 1. The summed E-state index contributed by atoms with van der Waals surface area (Å²) in [5, 5.41) is 3.33. The molecule has 0 aliphatic carbocycles. The lowest BCUT2D eigenvalue weighted by atomic mass is 10.1. The molecule has 1 N–H and O–H groups in total. The highest BCUT2D eigenvalue weighted by atomic mass is 79.9. The third-order valence-corrected chi connectivity index (χ3v) is 2.69. The standard InChI is InChI=1S/C11H12BrNO/c1-2-10-9-4-3-8(12)7-11(9)14-6-5-13-10/h2-4,7,13H,5-6H2,1H3/b10-2-. The largest absolute Gasteiger partial charge is 0.491 e. The highest BCUT2D eigenvalue weighted by molar-refractivity contribution is 9.10. The molecule has 0 saturated heterocycles. The van der Waals surface area contributed by atoms with Crippen molar-refractivity contribution in [2.45, 2.75) is 6.92 Å². The Hall–Kier alpha value is -0.960. The average molecular weight is 254 g/mol. The summed E-state index contributed by atoms with van der Waals surface area (Å²) in [7, 11) is 0. The molecule has 1 aliphatic heterocycles. The van der Waals surface area contributed by atoms with Crippen LogP contribution in [0.3, 0.4) is 0 Å². The van der Waals surface area contributed by atoms with Gasteiger partial charge in [0.1, 0.15) is 12.4 Å². The zero-order chi connectivity index (χ0) is 9.97. The minimum atomic E-state index is 0.709. The van der Waals surface area contributed by atoms with Crippen LogP contribution in [0.5, 0.6) is 5.75 Å². The van der Waals surface area contributed by atoms with E-state index < -0.39 is 0 Å². The predicted molar refractivity (Wildman–Crippen MR) is 61.3 cm³/mol. The van der Waals surface area contributed by atoms with Gasteiger partial charge >= 0.3 is 0 Å². The minimum Gasteiger partial charge on any atom is -0.491 e. The molecule has 0 saturated carbocycles. The molecule has 3 heteroatoms. The Bertz CT molecular complexity index is 374. The second kappa shape index (κ2) is 4.05. The van der Waals surface area contributed by atoms with E-state index in [2.05, 4.69) is 33.4 Å². The summed E-state index contributed by atoms with van der Waals surface area (Å²) in [6.07, 6.45) is 2.07. The monoisotopic (exact) mass is 253 g/mol. The number of halogens is 1. The van der Waals surface area contributed by atoms with E-state index in [0.717, 1.165) is 28.0 Å². The molecule has 1 heterocycles. The van der Waals surface area contributed by atoms with Crippen LogP contribution < -0.4 is 10.1 Å².